The SMILES string of the molecule is O=C(CCN1CCCCS1(=O)=O)NC(Cc1coc2ccccc12)B(O)O. The average Bonchev–Trinajstić information content (AvgIpc) is 3.03. The van der Waals surface area contributed by atoms with Crippen LogP contribution in [0, 0.1) is 0 Å². The number of nitrogens with one attached hydrogen (secondary N) is 1. The fraction of sp³-hybridized carbons (Fsp3) is 0.471. The van der Waals surface area contributed by atoms with Gasteiger partial charge in [-0.05, 0) is 30.9 Å². The van der Waals surface area contributed by atoms with Gasteiger partial charge < -0.3 is 19.8 Å². The Balaban J connectivity index is 1.60. The van der Waals surface area contributed by atoms with E-state index >= 15 is 0 Å². The van der Waals surface area contributed by atoms with Crippen molar-refractivity contribution in [2.75, 3.05) is 18.8 Å². The molecule has 1 unspecified atom stereocenters. The van der Waals surface area contributed by atoms with Crippen LogP contribution in [0.4, 0.5) is 0 Å². The fourth-order valence-corrected chi connectivity index (χ4v) is 4.86. The average molecular weight is 394 g/mol. The van der Waals surface area contributed by atoms with Crippen molar-refractivity contribution < 1.29 is 27.7 Å². The second-order valence-corrected chi connectivity index (χ2v) is 8.81. The van der Waals surface area contributed by atoms with Gasteiger partial charge in [0.2, 0.25) is 15.9 Å². The zero-order valence-corrected chi connectivity index (χ0v) is 15.7. The summed E-state index contributed by atoms with van der Waals surface area (Å²) in [5, 5.41) is 22.7. The minimum Gasteiger partial charge on any atom is -0.464 e. The smallest absolute Gasteiger partial charge is 0.464 e. The number of sulfonamides is 1. The van der Waals surface area contributed by atoms with Crippen molar-refractivity contribution in [2.24, 2.45) is 0 Å². The highest BCUT2D eigenvalue weighted by Gasteiger charge is 2.29. The van der Waals surface area contributed by atoms with Crippen molar-refractivity contribution in [3.63, 3.8) is 0 Å². The normalized spacial score (nSPS) is 18.3. The van der Waals surface area contributed by atoms with Gasteiger partial charge in [-0.25, -0.2) is 12.7 Å². The van der Waals surface area contributed by atoms with E-state index in [-0.39, 0.29) is 25.1 Å². The highest BCUT2D eigenvalue weighted by molar-refractivity contribution is 7.89. The van der Waals surface area contributed by atoms with Gasteiger partial charge in [-0.3, -0.25) is 4.79 Å². The number of hydrogen-bond acceptors (Lipinski definition) is 6. The van der Waals surface area contributed by atoms with Gasteiger partial charge in [0.05, 0.1) is 18.0 Å². The van der Waals surface area contributed by atoms with Crippen molar-refractivity contribution in [3.05, 3.63) is 36.1 Å². The molecule has 0 radical (unpaired) electrons. The number of hydrogen-bond donors (Lipinski definition) is 3. The number of fused-ring (bicyclic) bond motifs is 1. The van der Waals surface area contributed by atoms with Crippen molar-refractivity contribution in [3.8, 4) is 0 Å². The van der Waals surface area contributed by atoms with E-state index in [1.165, 1.54) is 10.6 Å². The van der Waals surface area contributed by atoms with Crippen LogP contribution >= 0.6 is 0 Å². The first-order chi connectivity index (χ1) is 12.9. The molecule has 0 saturated carbocycles. The molecule has 8 nitrogen and oxygen atoms in total. The fourth-order valence-electron chi connectivity index (χ4n) is 3.26. The molecule has 1 atom stereocenters. The largest absolute Gasteiger partial charge is 0.475 e. The van der Waals surface area contributed by atoms with Gasteiger partial charge >= 0.3 is 7.12 Å². The van der Waals surface area contributed by atoms with Crippen molar-refractivity contribution >= 4 is 34.0 Å². The Morgan fingerprint density at radius 1 is 1.30 bits per heavy atom. The number of para-hydroxylation sites is 1. The standard InChI is InChI=1S/C17H23BN2O6S/c21-17(7-9-20-8-3-4-10-27(20,24)25)19-16(18(22)23)11-13-12-26-15-6-2-1-5-14(13)15/h1-2,5-6,12,16,22-23H,3-4,7-11H2,(H,19,21). The summed E-state index contributed by atoms with van der Waals surface area (Å²) in [5.74, 6) is -1.24. The first-order valence-electron chi connectivity index (χ1n) is 8.95. The molecule has 2 aromatic rings. The maximum absolute atomic E-state index is 12.2. The summed E-state index contributed by atoms with van der Waals surface area (Å²) in [6.07, 6.45) is 3.11. The molecule has 1 aliphatic heterocycles. The molecule has 0 spiro atoms. The number of benzene rings is 1. The molecule has 146 valence electrons. The molecule has 3 rings (SSSR count). The van der Waals surface area contributed by atoms with Gasteiger partial charge in [-0.2, -0.15) is 0 Å². The second-order valence-electron chi connectivity index (χ2n) is 6.72. The summed E-state index contributed by atoms with van der Waals surface area (Å²) >= 11 is 0. The van der Waals surface area contributed by atoms with Crippen LogP contribution in [0.2, 0.25) is 0 Å². The number of furan rings is 1. The van der Waals surface area contributed by atoms with Gasteiger partial charge in [0.1, 0.15) is 5.58 Å². The van der Waals surface area contributed by atoms with E-state index in [2.05, 4.69) is 5.32 Å². The molecule has 0 aliphatic carbocycles. The molecule has 1 aliphatic rings. The lowest BCUT2D eigenvalue weighted by molar-refractivity contribution is -0.121. The number of nitrogens with zero attached hydrogens (tertiary/aromatic N) is 1. The van der Waals surface area contributed by atoms with Crippen molar-refractivity contribution in [1.82, 2.24) is 9.62 Å². The minimum absolute atomic E-state index is 0.0332. The quantitative estimate of drug-likeness (QED) is 0.581. The van der Waals surface area contributed by atoms with Crippen molar-refractivity contribution in [2.45, 2.75) is 31.6 Å². The number of carbonyl (C=O) groups is 1. The lowest BCUT2D eigenvalue weighted by atomic mass is 9.76. The lowest BCUT2D eigenvalue weighted by Gasteiger charge is -2.26. The van der Waals surface area contributed by atoms with Gasteiger partial charge in [0, 0.05) is 24.9 Å². The summed E-state index contributed by atoms with van der Waals surface area (Å²) in [5.41, 5.74) is 1.43. The Kier molecular flexibility index (Phi) is 6.20. The van der Waals surface area contributed by atoms with Crippen LogP contribution < -0.4 is 5.32 Å². The van der Waals surface area contributed by atoms with E-state index in [4.69, 9.17) is 4.42 Å². The van der Waals surface area contributed by atoms with E-state index in [0.717, 1.165) is 17.4 Å². The first kappa shape index (κ1) is 19.9. The van der Waals surface area contributed by atoms with Crippen molar-refractivity contribution in [1.29, 1.82) is 0 Å². The van der Waals surface area contributed by atoms with E-state index in [0.29, 0.717) is 18.5 Å². The predicted octanol–water partition coefficient (Wildman–Crippen LogP) is 0.288. The maximum Gasteiger partial charge on any atom is 0.475 e. The van der Waals surface area contributed by atoms with Crippen LogP contribution in [-0.4, -0.2) is 60.6 Å². The number of rotatable bonds is 7. The Labute approximate surface area is 158 Å². The Hall–Kier alpha value is -1.88. The number of amides is 1. The molecule has 1 aromatic heterocycles. The highest BCUT2D eigenvalue weighted by Crippen LogP contribution is 2.22. The van der Waals surface area contributed by atoms with E-state index in [1.54, 1.807) is 6.07 Å². The molecule has 1 amide bonds. The van der Waals surface area contributed by atoms with Crippen LogP contribution in [0.5, 0.6) is 0 Å². The van der Waals surface area contributed by atoms with Crippen LogP contribution in [-0.2, 0) is 21.2 Å². The monoisotopic (exact) mass is 394 g/mol. The molecular weight excluding hydrogens is 371 g/mol. The third kappa shape index (κ3) is 4.89. The van der Waals surface area contributed by atoms with Gasteiger partial charge in [0.25, 0.3) is 0 Å². The van der Waals surface area contributed by atoms with Gasteiger partial charge in [-0.15, -0.1) is 0 Å². The van der Waals surface area contributed by atoms with E-state index < -0.39 is 29.0 Å². The molecule has 2 heterocycles. The van der Waals surface area contributed by atoms with E-state index in [9.17, 15) is 23.3 Å². The molecule has 0 bridgehead atoms. The third-order valence-electron chi connectivity index (χ3n) is 4.75. The summed E-state index contributed by atoms with van der Waals surface area (Å²) < 4.78 is 30.7. The number of carbonyl (C=O) groups excluding carboxylic acids is 1. The molecule has 1 saturated heterocycles. The molecular formula is C17H23BN2O6S. The molecule has 10 heteroatoms. The zero-order chi connectivity index (χ0) is 19.4. The Bertz CT molecular complexity index is 898. The summed E-state index contributed by atoms with van der Waals surface area (Å²) in [4.78, 5) is 12.2. The van der Waals surface area contributed by atoms with Crippen LogP contribution in [0.25, 0.3) is 11.0 Å². The Morgan fingerprint density at radius 2 is 2.07 bits per heavy atom. The lowest BCUT2D eigenvalue weighted by Crippen LogP contribution is -2.49. The first-order valence-corrected chi connectivity index (χ1v) is 10.6. The van der Waals surface area contributed by atoms with Crippen LogP contribution in [0.3, 0.4) is 0 Å². The Morgan fingerprint density at radius 3 is 2.81 bits per heavy atom. The molecule has 1 fully saturated rings. The highest BCUT2D eigenvalue weighted by atomic mass is 32.2. The maximum atomic E-state index is 12.2. The van der Waals surface area contributed by atoms with Crippen LogP contribution in [0.1, 0.15) is 24.8 Å². The molecule has 3 N–H and O–H groups in total. The van der Waals surface area contributed by atoms with Crippen LogP contribution in [0.15, 0.2) is 34.9 Å². The summed E-state index contributed by atoms with van der Waals surface area (Å²) in [7, 11) is -5.04. The second kappa shape index (κ2) is 8.43. The minimum atomic E-state index is -3.29. The zero-order valence-electron chi connectivity index (χ0n) is 14.9. The molecule has 27 heavy (non-hydrogen) atoms. The molecule has 1 aromatic carbocycles. The third-order valence-corrected chi connectivity index (χ3v) is 6.71. The summed E-state index contributed by atoms with van der Waals surface area (Å²) in [6.45, 7) is 0.514. The van der Waals surface area contributed by atoms with Gasteiger partial charge in [-0.1, -0.05) is 18.2 Å². The predicted molar refractivity (Wildman–Crippen MR) is 101 cm³/mol. The topological polar surface area (TPSA) is 120 Å². The van der Waals surface area contributed by atoms with Gasteiger partial charge in [0.15, 0.2) is 0 Å². The van der Waals surface area contributed by atoms with E-state index in [1.807, 2.05) is 18.2 Å². The summed E-state index contributed by atoms with van der Waals surface area (Å²) in [6, 6.07) is 7.35.